The molecule has 0 atom stereocenters. The zero-order chi connectivity index (χ0) is 18.9. The van der Waals surface area contributed by atoms with Crippen LogP contribution >= 0.6 is 0 Å². The number of rotatable bonds is 4. The molecule has 28 heavy (non-hydrogen) atoms. The molecule has 0 fully saturated rings. The predicted octanol–water partition coefficient (Wildman–Crippen LogP) is 2.62. The van der Waals surface area contributed by atoms with Crippen LogP contribution < -0.4 is 9.64 Å². The number of aromatic nitrogens is 6. The summed E-state index contributed by atoms with van der Waals surface area (Å²) in [7, 11) is 1.66. The first-order valence-corrected chi connectivity index (χ1v) is 9.09. The summed E-state index contributed by atoms with van der Waals surface area (Å²) in [5, 5.41) is 11.7. The summed E-state index contributed by atoms with van der Waals surface area (Å²) in [6.45, 7) is 1.62. The number of nitrogens with zero attached hydrogens (tertiary/aromatic N) is 6. The van der Waals surface area contributed by atoms with Crippen LogP contribution in [0.4, 0.5) is 5.95 Å². The minimum absolute atomic E-state index is 0.717. The van der Waals surface area contributed by atoms with Gasteiger partial charge in [-0.05, 0) is 18.2 Å². The summed E-state index contributed by atoms with van der Waals surface area (Å²) in [6.07, 6.45) is 8.34. The third-order valence-corrected chi connectivity index (χ3v) is 4.94. The van der Waals surface area contributed by atoms with Crippen molar-refractivity contribution in [1.29, 1.82) is 0 Å². The van der Waals surface area contributed by atoms with Gasteiger partial charge in [0.05, 0.1) is 25.2 Å². The summed E-state index contributed by atoms with van der Waals surface area (Å²) in [5.41, 5.74) is 5.04. The van der Waals surface area contributed by atoms with E-state index < -0.39 is 0 Å². The molecule has 1 N–H and O–H groups in total. The van der Waals surface area contributed by atoms with Gasteiger partial charge in [0.15, 0.2) is 0 Å². The fourth-order valence-electron chi connectivity index (χ4n) is 3.46. The van der Waals surface area contributed by atoms with Crippen LogP contribution in [-0.4, -0.2) is 43.6 Å². The Labute approximate surface area is 161 Å². The number of anilines is 1. The molecule has 8 nitrogen and oxygen atoms in total. The molecule has 8 heteroatoms. The van der Waals surface area contributed by atoms with E-state index in [2.05, 4.69) is 25.2 Å². The summed E-state index contributed by atoms with van der Waals surface area (Å²) in [5.74, 6) is 1.49. The average Bonchev–Trinajstić information content (AvgIpc) is 3.43. The largest absolute Gasteiger partial charge is 0.494 e. The molecule has 0 spiro atoms. The molecule has 5 rings (SSSR count). The Balaban J connectivity index is 1.44. The maximum atomic E-state index is 5.43. The van der Waals surface area contributed by atoms with Crippen molar-refractivity contribution in [2.45, 2.75) is 13.0 Å². The van der Waals surface area contributed by atoms with Crippen LogP contribution in [0.3, 0.4) is 0 Å². The highest BCUT2D eigenvalue weighted by atomic mass is 16.5. The van der Waals surface area contributed by atoms with E-state index in [1.54, 1.807) is 18.0 Å². The van der Waals surface area contributed by atoms with Crippen LogP contribution in [0, 0.1) is 0 Å². The molecular weight excluding hydrogens is 354 g/mol. The third-order valence-electron chi connectivity index (χ3n) is 4.94. The second-order valence-electron chi connectivity index (χ2n) is 6.63. The number of hydrogen-bond acceptors (Lipinski definition) is 6. The number of methoxy groups -OCH3 is 1. The van der Waals surface area contributed by atoms with Crippen molar-refractivity contribution < 1.29 is 4.74 Å². The number of ether oxygens (including phenoxy) is 1. The Morgan fingerprint density at radius 3 is 3.00 bits per heavy atom. The van der Waals surface area contributed by atoms with Crippen LogP contribution in [0.5, 0.6) is 5.75 Å². The Bertz CT molecular complexity index is 1120. The third kappa shape index (κ3) is 2.88. The Morgan fingerprint density at radius 2 is 2.07 bits per heavy atom. The zero-order valence-corrected chi connectivity index (χ0v) is 15.4. The van der Waals surface area contributed by atoms with Gasteiger partial charge in [-0.1, -0.05) is 12.1 Å². The number of nitrogens with one attached hydrogen (secondary N) is 1. The standard InChI is InChI=1S/C20H19N7O/c1-28-19-5-3-2-4-18(19)27-13-15(11-23-27)16-6-8-21-20(24-16)26-9-7-17-14(12-26)10-22-25-17/h2-6,8,10-11,13H,7,9,12H2,1H3,(H,22,25). The fraction of sp³-hybridized carbons (Fsp3) is 0.200. The average molecular weight is 373 g/mol. The monoisotopic (exact) mass is 373 g/mol. The molecule has 3 aromatic heterocycles. The van der Waals surface area contributed by atoms with Crippen LogP contribution in [-0.2, 0) is 13.0 Å². The van der Waals surface area contributed by atoms with Gasteiger partial charge in [-0.3, -0.25) is 5.10 Å². The maximum Gasteiger partial charge on any atom is 0.226 e. The highest BCUT2D eigenvalue weighted by Gasteiger charge is 2.20. The van der Waals surface area contributed by atoms with Crippen LogP contribution in [0.1, 0.15) is 11.3 Å². The Kier molecular flexibility index (Phi) is 4.01. The number of para-hydroxylation sites is 2. The topological polar surface area (TPSA) is 84.8 Å². The first kappa shape index (κ1) is 16.5. The van der Waals surface area contributed by atoms with Gasteiger partial charge >= 0.3 is 0 Å². The summed E-state index contributed by atoms with van der Waals surface area (Å²) in [6, 6.07) is 9.69. The summed E-state index contributed by atoms with van der Waals surface area (Å²) >= 11 is 0. The molecule has 0 amide bonds. The number of benzene rings is 1. The second-order valence-corrected chi connectivity index (χ2v) is 6.63. The zero-order valence-electron chi connectivity index (χ0n) is 15.4. The van der Waals surface area contributed by atoms with Gasteiger partial charge in [0.25, 0.3) is 0 Å². The van der Waals surface area contributed by atoms with Gasteiger partial charge in [0.2, 0.25) is 5.95 Å². The van der Waals surface area contributed by atoms with Crippen molar-refractivity contribution >= 4 is 5.95 Å². The lowest BCUT2D eigenvalue weighted by Gasteiger charge is -2.26. The molecule has 0 unspecified atom stereocenters. The second kappa shape index (κ2) is 6.80. The number of hydrogen-bond donors (Lipinski definition) is 1. The maximum absolute atomic E-state index is 5.43. The molecule has 0 aliphatic carbocycles. The van der Waals surface area contributed by atoms with E-state index in [1.165, 1.54) is 11.3 Å². The van der Waals surface area contributed by atoms with Crippen molar-refractivity contribution in [2.75, 3.05) is 18.6 Å². The molecule has 0 saturated carbocycles. The first-order valence-electron chi connectivity index (χ1n) is 9.09. The van der Waals surface area contributed by atoms with Crippen molar-refractivity contribution in [1.82, 2.24) is 29.9 Å². The van der Waals surface area contributed by atoms with E-state index in [9.17, 15) is 0 Å². The SMILES string of the molecule is COc1ccccc1-n1cc(-c2ccnc(N3CCc4[nH]ncc4C3)n2)cn1. The molecule has 0 saturated heterocycles. The van der Waals surface area contributed by atoms with Crippen molar-refractivity contribution in [3.05, 3.63) is 66.4 Å². The van der Waals surface area contributed by atoms with Gasteiger partial charge in [-0.25, -0.2) is 14.6 Å². The lowest BCUT2D eigenvalue weighted by atomic mass is 10.1. The van der Waals surface area contributed by atoms with Crippen molar-refractivity contribution in [3.8, 4) is 22.7 Å². The fourth-order valence-corrected chi connectivity index (χ4v) is 3.46. The quantitative estimate of drug-likeness (QED) is 0.592. The van der Waals surface area contributed by atoms with E-state index in [1.807, 2.05) is 48.9 Å². The first-order chi connectivity index (χ1) is 13.8. The molecule has 1 aromatic carbocycles. The molecule has 1 aliphatic heterocycles. The summed E-state index contributed by atoms with van der Waals surface area (Å²) in [4.78, 5) is 11.4. The molecule has 140 valence electrons. The van der Waals surface area contributed by atoms with E-state index in [0.29, 0.717) is 0 Å². The van der Waals surface area contributed by atoms with Crippen molar-refractivity contribution in [3.63, 3.8) is 0 Å². The number of aromatic amines is 1. The van der Waals surface area contributed by atoms with Gasteiger partial charge in [-0.2, -0.15) is 10.2 Å². The van der Waals surface area contributed by atoms with Gasteiger partial charge < -0.3 is 9.64 Å². The Hall–Kier alpha value is -3.68. The number of fused-ring (bicyclic) bond motifs is 1. The number of H-pyrrole nitrogens is 1. The molecule has 1 aliphatic rings. The highest BCUT2D eigenvalue weighted by molar-refractivity contribution is 5.60. The van der Waals surface area contributed by atoms with E-state index in [-0.39, 0.29) is 0 Å². The van der Waals surface area contributed by atoms with Gasteiger partial charge in [0.1, 0.15) is 11.4 Å². The molecule has 4 heterocycles. The lowest BCUT2D eigenvalue weighted by molar-refractivity contribution is 0.411. The van der Waals surface area contributed by atoms with Crippen molar-refractivity contribution in [2.24, 2.45) is 0 Å². The normalized spacial score (nSPS) is 13.4. The highest BCUT2D eigenvalue weighted by Crippen LogP contribution is 2.26. The molecule has 0 radical (unpaired) electrons. The predicted molar refractivity (Wildman–Crippen MR) is 104 cm³/mol. The summed E-state index contributed by atoms with van der Waals surface area (Å²) < 4.78 is 7.23. The smallest absolute Gasteiger partial charge is 0.226 e. The van der Waals surface area contributed by atoms with Crippen LogP contribution in [0.2, 0.25) is 0 Å². The van der Waals surface area contributed by atoms with E-state index in [0.717, 1.165) is 48.2 Å². The van der Waals surface area contributed by atoms with Crippen LogP contribution in [0.15, 0.2) is 55.1 Å². The Morgan fingerprint density at radius 1 is 1.14 bits per heavy atom. The van der Waals surface area contributed by atoms with Gasteiger partial charge in [0, 0.05) is 48.7 Å². The van der Waals surface area contributed by atoms with Gasteiger partial charge in [-0.15, -0.1) is 0 Å². The minimum atomic E-state index is 0.717. The minimum Gasteiger partial charge on any atom is -0.494 e. The van der Waals surface area contributed by atoms with E-state index in [4.69, 9.17) is 9.72 Å². The molecular formula is C20H19N7O. The van der Waals surface area contributed by atoms with Crippen LogP contribution in [0.25, 0.3) is 16.9 Å². The molecule has 4 aromatic rings. The van der Waals surface area contributed by atoms with E-state index >= 15 is 0 Å². The molecule has 0 bridgehead atoms. The lowest BCUT2D eigenvalue weighted by Crippen LogP contribution is -2.31.